The number of methoxy groups -OCH3 is 2. The summed E-state index contributed by atoms with van der Waals surface area (Å²) in [5.41, 5.74) is 2.85. The van der Waals surface area contributed by atoms with Crippen molar-refractivity contribution in [1.29, 1.82) is 0 Å². The van der Waals surface area contributed by atoms with Gasteiger partial charge in [0, 0.05) is 29.1 Å². The lowest BCUT2D eigenvalue weighted by molar-refractivity contribution is -0.142. The van der Waals surface area contributed by atoms with E-state index in [1.807, 2.05) is 19.9 Å². The number of para-hydroxylation sites is 1. The first-order valence-corrected chi connectivity index (χ1v) is 10.1. The molecule has 2 aromatic heterocycles. The van der Waals surface area contributed by atoms with Crippen molar-refractivity contribution in [1.82, 2.24) is 19.7 Å². The van der Waals surface area contributed by atoms with E-state index in [0.29, 0.717) is 34.5 Å². The van der Waals surface area contributed by atoms with Crippen LogP contribution in [0.3, 0.4) is 0 Å². The van der Waals surface area contributed by atoms with Crippen molar-refractivity contribution >= 4 is 23.8 Å². The molecule has 0 atom stereocenters. The molecule has 0 saturated carbocycles. The van der Waals surface area contributed by atoms with Gasteiger partial charge in [0.05, 0.1) is 19.9 Å². The molecule has 10 heteroatoms. The topological polar surface area (TPSA) is 117 Å². The predicted molar refractivity (Wildman–Crippen MR) is 122 cm³/mol. The van der Waals surface area contributed by atoms with Gasteiger partial charge in [-0.25, -0.2) is 14.8 Å². The van der Waals surface area contributed by atoms with E-state index in [1.165, 1.54) is 31.1 Å². The van der Waals surface area contributed by atoms with Crippen molar-refractivity contribution < 1.29 is 23.8 Å². The van der Waals surface area contributed by atoms with E-state index < -0.39 is 18.5 Å². The predicted octanol–water partition coefficient (Wildman–Crippen LogP) is 2.80. The molecule has 1 N–H and O–H groups in total. The fourth-order valence-electron chi connectivity index (χ4n) is 3.11. The van der Waals surface area contributed by atoms with Gasteiger partial charge in [0.15, 0.2) is 18.1 Å². The van der Waals surface area contributed by atoms with Gasteiger partial charge in [-0.1, -0.05) is 12.1 Å². The quantitative estimate of drug-likeness (QED) is 0.410. The molecule has 0 aliphatic rings. The van der Waals surface area contributed by atoms with Crippen molar-refractivity contribution in [2.24, 2.45) is 0 Å². The molecule has 2 heterocycles. The van der Waals surface area contributed by atoms with Gasteiger partial charge in [-0.05, 0) is 39.0 Å². The highest BCUT2D eigenvalue weighted by Gasteiger charge is 2.15. The first kappa shape index (κ1) is 23.5. The van der Waals surface area contributed by atoms with Crippen LogP contribution in [0, 0.1) is 20.8 Å². The Morgan fingerprint density at radius 1 is 1.03 bits per heavy atom. The first-order valence-electron chi connectivity index (χ1n) is 10.1. The number of carbonyl (C=O) groups excluding carboxylic acids is 2. The number of nitrogens with one attached hydrogen (secondary N) is 1. The van der Waals surface area contributed by atoms with Crippen LogP contribution in [-0.2, 0) is 14.3 Å². The molecule has 0 unspecified atom stereocenters. The lowest BCUT2D eigenvalue weighted by atomic mass is 10.1. The van der Waals surface area contributed by atoms with Crippen LogP contribution in [0.25, 0.3) is 12.0 Å². The summed E-state index contributed by atoms with van der Waals surface area (Å²) >= 11 is 0. The number of aryl methyl sites for hydroxylation is 3. The third-order valence-corrected chi connectivity index (χ3v) is 4.44. The number of ether oxygens (including phenoxy) is 3. The third-order valence-electron chi connectivity index (χ3n) is 4.44. The molecule has 0 aliphatic heterocycles. The van der Waals surface area contributed by atoms with Crippen LogP contribution in [0.5, 0.6) is 11.5 Å². The molecule has 1 amide bonds. The number of benzene rings is 1. The van der Waals surface area contributed by atoms with Gasteiger partial charge in [-0.2, -0.15) is 9.78 Å². The van der Waals surface area contributed by atoms with Crippen LogP contribution < -0.4 is 14.8 Å². The first-order chi connectivity index (χ1) is 15.8. The van der Waals surface area contributed by atoms with Gasteiger partial charge in [0.1, 0.15) is 5.82 Å². The highest BCUT2D eigenvalue weighted by Crippen LogP contribution is 2.31. The number of aromatic nitrogens is 4. The molecule has 0 radical (unpaired) electrons. The molecule has 0 saturated heterocycles. The average Bonchev–Trinajstić information content (AvgIpc) is 3.15. The van der Waals surface area contributed by atoms with Crippen molar-refractivity contribution in [2.45, 2.75) is 20.8 Å². The SMILES string of the molecule is COc1cccc(/C=C/C(=O)OCC(=O)Nc2cc(C)nn2-c2nc(C)cc(C)n2)c1OC. The lowest BCUT2D eigenvalue weighted by Crippen LogP contribution is -2.22. The van der Waals surface area contributed by atoms with Crippen LogP contribution in [0.15, 0.2) is 36.4 Å². The number of amides is 1. The summed E-state index contributed by atoms with van der Waals surface area (Å²) in [7, 11) is 3.03. The van der Waals surface area contributed by atoms with Crippen molar-refractivity contribution in [3.8, 4) is 17.4 Å². The van der Waals surface area contributed by atoms with Crippen LogP contribution in [-0.4, -0.2) is 52.5 Å². The van der Waals surface area contributed by atoms with E-state index in [1.54, 1.807) is 31.2 Å². The highest BCUT2D eigenvalue weighted by atomic mass is 16.5. The van der Waals surface area contributed by atoms with Crippen LogP contribution >= 0.6 is 0 Å². The Bertz CT molecular complexity index is 1180. The van der Waals surface area contributed by atoms with Gasteiger partial charge in [0.25, 0.3) is 11.9 Å². The van der Waals surface area contributed by atoms with E-state index in [4.69, 9.17) is 14.2 Å². The number of carbonyl (C=O) groups is 2. The van der Waals surface area contributed by atoms with Gasteiger partial charge in [0.2, 0.25) is 0 Å². The second-order valence-corrected chi connectivity index (χ2v) is 7.11. The summed E-state index contributed by atoms with van der Waals surface area (Å²) in [4.78, 5) is 33.2. The number of anilines is 1. The Labute approximate surface area is 191 Å². The zero-order valence-electron chi connectivity index (χ0n) is 19.1. The molecule has 3 rings (SSSR count). The van der Waals surface area contributed by atoms with E-state index in [2.05, 4.69) is 20.4 Å². The van der Waals surface area contributed by atoms with E-state index in [0.717, 1.165) is 11.4 Å². The smallest absolute Gasteiger partial charge is 0.331 e. The maximum absolute atomic E-state index is 12.4. The summed E-state index contributed by atoms with van der Waals surface area (Å²) in [6.07, 6.45) is 2.74. The standard InChI is InChI=1S/C23H25N5O5/c1-14-11-15(2)25-23(24-14)28-19(12-16(3)27-28)26-20(29)13-33-21(30)10-9-17-7-6-8-18(31-4)22(17)32-5/h6-12H,13H2,1-5H3,(H,26,29)/b10-9+. The monoisotopic (exact) mass is 451 g/mol. The lowest BCUT2D eigenvalue weighted by Gasteiger charge is -2.10. The second kappa shape index (κ2) is 10.4. The Kier molecular flexibility index (Phi) is 7.39. The number of esters is 1. The van der Waals surface area contributed by atoms with Gasteiger partial charge >= 0.3 is 5.97 Å². The summed E-state index contributed by atoms with van der Waals surface area (Å²) in [5, 5.41) is 7.02. The zero-order valence-corrected chi connectivity index (χ0v) is 19.1. The van der Waals surface area contributed by atoms with Crippen LogP contribution in [0.2, 0.25) is 0 Å². The fraction of sp³-hybridized carbons (Fsp3) is 0.261. The molecule has 33 heavy (non-hydrogen) atoms. The Hall–Kier alpha value is -4.21. The van der Waals surface area contributed by atoms with Crippen molar-refractivity contribution in [3.63, 3.8) is 0 Å². The molecule has 1 aromatic carbocycles. The fourth-order valence-corrected chi connectivity index (χ4v) is 3.11. The van der Waals surface area contributed by atoms with Gasteiger partial charge in [-0.15, -0.1) is 0 Å². The number of hydrogen-bond donors (Lipinski definition) is 1. The Morgan fingerprint density at radius 2 is 1.76 bits per heavy atom. The molecule has 10 nitrogen and oxygen atoms in total. The maximum Gasteiger partial charge on any atom is 0.331 e. The Balaban J connectivity index is 1.64. The Morgan fingerprint density at radius 3 is 2.42 bits per heavy atom. The van der Waals surface area contributed by atoms with Crippen molar-refractivity contribution in [2.75, 3.05) is 26.1 Å². The molecule has 172 valence electrons. The molecule has 0 bridgehead atoms. The molecular weight excluding hydrogens is 426 g/mol. The molecule has 0 fully saturated rings. The minimum atomic E-state index is -0.683. The van der Waals surface area contributed by atoms with E-state index >= 15 is 0 Å². The minimum Gasteiger partial charge on any atom is -0.493 e. The van der Waals surface area contributed by atoms with Crippen LogP contribution in [0.4, 0.5) is 5.82 Å². The minimum absolute atomic E-state index is 0.336. The second-order valence-electron chi connectivity index (χ2n) is 7.11. The summed E-state index contributed by atoms with van der Waals surface area (Å²) in [6, 6.07) is 8.79. The molecule has 0 spiro atoms. The van der Waals surface area contributed by atoms with Crippen molar-refractivity contribution in [3.05, 3.63) is 59.1 Å². The zero-order chi connectivity index (χ0) is 24.0. The summed E-state index contributed by atoms with van der Waals surface area (Å²) < 4.78 is 17.0. The molecule has 3 aromatic rings. The van der Waals surface area contributed by atoms with Gasteiger partial charge < -0.3 is 19.5 Å². The maximum atomic E-state index is 12.4. The third kappa shape index (κ3) is 5.94. The highest BCUT2D eigenvalue weighted by molar-refractivity contribution is 5.94. The van der Waals surface area contributed by atoms with Crippen LogP contribution in [0.1, 0.15) is 22.6 Å². The molecular formula is C23H25N5O5. The molecule has 0 aliphatic carbocycles. The van der Waals surface area contributed by atoms with E-state index in [9.17, 15) is 9.59 Å². The summed E-state index contributed by atoms with van der Waals surface area (Å²) in [5.74, 6) is 0.517. The van der Waals surface area contributed by atoms with Gasteiger partial charge in [-0.3, -0.25) is 4.79 Å². The normalized spacial score (nSPS) is 10.8. The van der Waals surface area contributed by atoms with E-state index in [-0.39, 0.29) is 0 Å². The number of nitrogens with zero attached hydrogens (tertiary/aromatic N) is 4. The average molecular weight is 451 g/mol. The number of hydrogen-bond acceptors (Lipinski definition) is 8. The number of rotatable bonds is 8. The largest absolute Gasteiger partial charge is 0.493 e. The summed E-state index contributed by atoms with van der Waals surface area (Å²) in [6.45, 7) is 5.00.